The highest BCUT2D eigenvalue weighted by molar-refractivity contribution is 6.35. The Bertz CT molecular complexity index is 727. The zero-order chi connectivity index (χ0) is 19.1. The van der Waals surface area contributed by atoms with E-state index in [9.17, 15) is 9.59 Å². The number of pyridine rings is 1. The summed E-state index contributed by atoms with van der Waals surface area (Å²) in [6.45, 7) is 6.54. The molecule has 0 bridgehead atoms. The Labute approximate surface area is 155 Å². The second kappa shape index (κ2) is 9.13. The van der Waals surface area contributed by atoms with Crippen LogP contribution in [0.4, 0.5) is 0 Å². The van der Waals surface area contributed by atoms with Crippen LogP contribution in [0.25, 0.3) is 0 Å². The predicted molar refractivity (Wildman–Crippen MR) is 102 cm³/mol. The van der Waals surface area contributed by atoms with Crippen molar-refractivity contribution < 1.29 is 9.59 Å². The van der Waals surface area contributed by atoms with E-state index in [1.165, 1.54) is 10.5 Å². The van der Waals surface area contributed by atoms with Gasteiger partial charge in [-0.05, 0) is 41.2 Å². The van der Waals surface area contributed by atoms with E-state index in [-0.39, 0.29) is 12.0 Å². The van der Waals surface area contributed by atoms with Gasteiger partial charge in [0, 0.05) is 26.0 Å². The van der Waals surface area contributed by atoms with E-state index in [1.54, 1.807) is 19.4 Å². The molecule has 1 unspecified atom stereocenters. The summed E-state index contributed by atoms with van der Waals surface area (Å²) in [6.07, 6.45) is 4.31. The molecule has 1 aromatic heterocycles. The molecule has 0 saturated carbocycles. The zero-order valence-electron chi connectivity index (χ0n) is 15.9. The molecule has 0 fully saturated rings. The van der Waals surface area contributed by atoms with E-state index in [0.29, 0.717) is 6.54 Å². The van der Waals surface area contributed by atoms with Gasteiger partial charge in [-0.15, -0.1) is 0 Å². The predicted octanol–water partition coefficient (Wildman–Crippen LogP) is 3.12. The van der Waals surface area contributed by atoms with Gasteiger partial charge in [0.15, 0.2) is 0 Å². The molecule has 138 valence electrons. The van der Waals surface area contributed by atoms with Gasteiger partial charge >= 0.3 is 11.8 Å². The number of nitrogens with zero attached hydrogens (tertiary/aromatic N) is 2. The van der Waals surface area contributed by atoms with Crippen molar-refractivity contribution in [3.05, 3.63) is 65.5 Å². The van der Waals surface area contributed by atoms with Crippen LogP contribution in [0.15, 0.2) is 48.8 Å². The maximum atomic E-state index is 12.5. The van der Waals surface area contributed by atoms with Crippen LogP contribution in [0.5, 0.6) is 0 Å². The van der Waals surface area contributed by atoms with Crippen molar-refractivity contribution in [3.63, 3.8) is 0 Å². The minimum absolute atomic E-state index is 0.171. The zero-order valence-corrected chi connectivity index (χ0v) is 15.9. The Hall–Kier alpha value is -2.69. The molecule has 0 aliphatic rings. The van der Waals surface area contributed by atoms with Crippen LogP contribution in [0, 0.1) is 5.92 Å². The second-order valence-electron chi connectivity index (χ2n) is 6.81. The number of hydrogen-bond acceptors (Lipinski definition) is 3. The number of aryl methyl sites for hydroxylation is 1. The third kappa shape index (κ3) is 5.15. The molecule has 5 heteroatoms. The molecule has 0 spiro atoms. The van der Waals surface area contributed by atoms with Crippen LogP contribution in [-0.4, -0.2) is 28.7 Å². The molecule has 0 aliphatic heterocycles. The highest BCUT2D eigenvalue weighted by Gasteiger charge is 2.24. The summed E-state index contributed by atoms with van der Waals surface area (Å²) in [6, 6.07) is 11.6. The maximum Gasteiger partial charge on any atom is 0.311 e. The quantitative estimate of drug-likeness (QED) is 0.812. The highest BCUT2D eigenvalue weighted by Crippen LogP contribution is 2.22. The number of aromatic nitrogens is 1. The van der Waals surface area contributed by atoms with E-state index in [1.807, 2.05) is 38.1 Å². The molecule has 5 nitrogen and oxygen atoms in total. The van der Waals surface area contributed by atoms with Crippen molar-refractivity contribution in [3.8, 4) is 0 Å². The molecule has 0 radical (unpaired) electrons. The topological polar surface area (TPSA) is 62.3 Å². The lowest BCUT2D eigenvalue weighted by atomic mass is 9.95. The van der Waals surface area contributed by atoms with Crippen molar-refractivity contribution >= 4 is 11.8 Å². The van der Waals surface area contributed by atoms with E-state index >= 15 is 0 Å². The molecule has 1 atom stereocenters. The fourth-order valence-electron chi connectivity index (χ4n) is 2.81. The molecule has 1 aromatic carbocycles. The van der Waals surface area contributed by atoms with Gasteiger partial charge in [0.2, 0.25) is 0 Å². The summed E-state index contributed by atoms with van der Waals surface area (Å²) < 4.78 is 0. The fraction of sp³-hybridized carbons (Fsp3) is 0.381. The molecule has 2 aromatic rings. The summed E-state index contributed by atoms with van der Waals surface area (Å²) in [5.41, 5.74) is 3.19. The lowest BCUT2D eigenvalue weighted by Crippen LogP contribution is -2.43. The average molecular weight is 353 g/mol. The number of benzene rings is 1. The van der Waals surface area contributed by atoms with Crippen molar-refractivity contribution in [1.82, 2.24) is 15.2 Å². The van der Waals surface area contributed by atoms with E-state index in [0.717, 1.165) is 17.5 Å². The Morgan fingerprint density at radius 2 is 1.65 bits per heavy atom. The van der Waals surface area contributed by atoms with E-state index < -0.39 is 11.8 Å². The van der Waals surface area contributed by atoms with Gasteiger partial charge in [-0.3, -0.25) is 14.6 Å². The third-order valence-corrected chi connectivity index (χ3v) is 4.41. The van der Waals surface area contributed by atoms with Gasteiger partial charge in [-0.2, -0.15) is 0 Å². The van der Waals surface area contributed by atoms with Crippen LogP contribution < -0.4 is 5.32 Å². The first-order valence-electron chi connectivity index (χ1n) is 8.96. The SMILES string of the molecule is CCc1ccc(C(NC(=O)C(=O)N(C)Cc2ccncc2)C(C)C)cc1. The monoisotopic (exact) mass is 353 g/mol. The van der Waals surface area contributed by atoms with Gasteiger partial charge < -0.3 is 10.2 Å². The fourth-order valence-corrected chi connectivity index (χ4v) is 2.81. The Balaban J connectivity index is 2.05. The van der Waals surface area contributed by atoms with Gasteiger partial charge in [0.1, 0.15) is 0 Å². The number of carbonyl (C=O) groups excluding carboxylic acids is 2. The normalized spacial score (nSPS) is 11.9. The van der Waals surface area contributed by atoms with Crippen LogP contribution in [0.2, 0.25) is 0 Å². The Kier molecular flexibility index (Phi) is 6.89. The van der Waals surface area contributed by atoms with Crippen molar-refractivity contribution in [2.45, 2.75) is 39.8 Å². The average Bonchev–Trinajstić information content (AvgIpc) is 2.66. The van der Waals surface area contributed by atoms with Crippen LogP contribution >= 0.6 is 0 Å². The third-order valence-electron chi connectivity index (χ3n) is 4.41. The molecule has 0 saturated heterocycles. The molecular weight excluding hydrogens is 326 g/mol. The number of hydrogen-bond donors (Lipinski definition) is 1. The molecule has 1 N–H and O–H groups in total. The Morgan fingerprint density at radius 3 is 2.19 bits per heavy atom. The van der Waals surface area contributed by atoms with E-state index in [4.69, 9.17) is 0 Å². The minimum Gasteiger partial charge on any atom is -0.341 e. The lowest BCUT2D eigenvalue weighted by Gasteiger charge is -2.24. The number of amides is 2. The van der Waals surface area contributed by atoms with Gasteiger partial charge in [-0.25, -0.2) is 0 Å². The number of nitrogens with one attached hydrogen (secondary N) is 1. The van der Waals surface area contributed by atoms with Crippen LogP contribution in [-0.2, 0) is 22.6 Å². The summed E-state index contributed by atoms with van der Waals surface area (Å²) in [4.78, 5) is 30.3. The maximum absolute atomic E-state index is 12.5. The second-order valence-corrected chi connectivity index (χ2v) is 6.81. The summed E-state index contributed by atoms with van der Waals surface area (Å²) in [7, 11) is 1.63. The highest BCUT2D eigenvalue weighted by atomic mass is 16.2. The standard InChI is InChI=1S/C21H27N3O2/c1-5-16-6-8-18(9-7-16)19(15(2)3)23-20(25)21(26)24(4)14-17-10-12-22-13-11-17/h6-13,15,19H,5,14H2,1-4H3,(H,23,25). The molecule has 1 heterocycles. The minimum atomic E-state index is -0.583. The smallest absolute Gasteiger partial charge is 0.311 e. The number of rotatable bonds is 6. The lowest BCUT2D eigenvalue weighted by molar-refractivity contribution is -0.145. The van der Waals surface area contributed by atoms with Crippen molar-refractivity contribution in [1.29, 1.82) is 0 Å². The van der Waals surface area contributed by atoms with Gasteiger partial charge in [0.25, 0.3) is 0 Å². The summed E-state index contributed by atoms with van der Waals surface area (Å²) >= 11 is 0. The number of carbonyl (C=O) groups is 2. The summed E-state index contributed by atoms with van der Waals surface area (Å²) in [5, 5.41) is 2.89. The first kappa shape index (κ1) is 19.6. The first-order chi connectivity index (χ1) is 12.4. The van der Waals surface area contributed by atoms with Gasteiger partial charge in [0.05, 0.1) is 6.04 Å². The molecular formula is C21H27N3O2. The largest absolute Gasteiger partial charge is 0.341 e. The molecule has 26 heavy (non-hydrogen) atoms. The number of likely N-dealkylation sites (N-methyl/N-ethyl adjacent to an activating group) is 1. The van der Waals surface area contributed by atoms with E-state index in [2.05, 4.69) is 29.4 Å². The summed E-state index contributed by atoms with van der Waals surface area (Å²) in [5.74, 6) is -0.956. The molecule has 0 aliphatic carbocycles. The first-order valence-corrected chi connectivity index (χ1v) is 8.96. The Morgan fingerprint density at radius 1 is 1.04 bits per heavy atom. The van der Waals surface area contributed by atoms with Gasteiger partial charge in [-0.1, -0.05) is 45.0 Å². The molecule has 2 rings (SSSR count). The van der Waals surface area contributed by atoms with Crippen LogP contribution in [0.3, 0.4) is 0 Å². The van der Waals surface area contributed by atoms with Crippen molar-refractivity contribution in [2.75, 3.05) is 7.05 Å². The molecule has 2 amide bonds. The van der Waals surface area contributed by atoms with Crippen molar-refractivity contribution in [2.24, 2.45) is 5.92 Å². The van der Waals surface area contributed by atoms with Crippen LogP contribution in [0.1, 0.15) is 43.5 Å².